The number of hydrogen-bond acceptors (Lipinski definition) is 3. The number of ketones is 1. The molecule has 1 N–H and O–H groups in total. The van der Waals surface area contributed by atoms with Gasteiger partial charge in [-0.15, -0.1) is 0 Å². The number of benzene rings is 1. The van der Waals surface area contributed by atoms with Crippen LogP contribution in [0.5, 0.6) is 0 Å². The molecule has 0 fully saturated rings. The predicted molar refractivity (Wildman–Crippen MR) is 63.7 cm³/mol. The van der Waals surface area contributed by atoms with Gasteiger partial charge in [0.15, 0.2) is 5.76 Å². The van der Waals surface area contributed by atoms with Crippen molar-refractivity contribution in [3.8, 4) is 0 Å². The van der Waals surface area contributed by atoms with E-state index in [-0.39, 0.29) is 11.8 Å². The van der Waals surface area contributed by atoms with Crippen molar-refractivity contribution < 1.29 is 9.21 Å². The Kier molecular flexibility index (Phi) is 3.06. The Morgan fingerprint density at radius 3 is 2.88 bits per heavy atom. The summed E-state index contributed by atoms with van der Waals surface area (Å²) < 4.78 is 5.51. The molecule has 84 valence electrons. The van der Waals surface area contributed by atoms with Crippen LogP contribution in [0.15, 0.2) is 34.7 Å². The molecule has 0 aliphatic carbocycles. The van der Waals surface area contributed by atoms with E-state index in [0.717, 1.165) is 17.5 Å². The minimum absolute atomic E-state index is 0.00181. The Balaban J connectivity index is 2.29. The predicted octanol–water partition coefficient (Wildman–Crippen LogP) is 2.61. The molecule has 1 aromatic carbocycles. The van der Waals surface area contributed by atoms with Crippen LogP contribution in [-0.2, 0) is 0 Å². The van der Waals surface area contributed by atoms with Crippen LogP contribution in [0.1, 0.15) is 24.4 Å². The van der Waals surface area contributed by atoms with Gasteiger partial charge in [0, 0.05) is 5.39 Å². The summed E-state index contributed by atoms with van der Waals surface area (Å²) in [7, 11) is 0. The summed E-state index contributed by atoms with van der Waals surface area (Å²) in [6.45, 7) is 4.59. The smallest absolute Gasteiger partial charge is 0.214 e. The largest absolute Gasteiger partial charge is 0.453 e. The van der Waals surface area contributed by atoms with Gasteiger partial charge >= 0.3 is 0 Å². The molecule has 0 amide bonds. The molecule has 0 aliphatic rings. The molecule has 3 heteroatoms. The molecular formula is C13H15NO2. The SMILES string of the molecule is CCN[C@@H](C)C(=O)c1cc2ccccc2o1. The molecule has 0 spiro atoms. The van der Waals surface area contributed by atoms with Crippen LogP contribution >= 0.6 is 0 Å². The Bertz CT molecular complexity index is 468. The molecule has 2 rings (SSSR count). The number of fused-ring (bicyclic) bond motifs is 1. The van der Waals surface area contributed by atoms with E-state index in [0.29, 0.717) is 5.76 Å². The maximum atomic E-state index is 11.9. The van der Waals surface area contributed by atoms with E-state index in [9.17, 15) is 4.79 Å². The zero-order valence-electron chi connectivity index (χ0n) is 9.49. The number of rotatable bonds is 4. The van der Waals surface area contributed by atoms with Crippen molar-refractivity contribution in [1.29, 1.82) is 0 Å². The summed E-state index contributed by atoms with van der Waals surface area (Å²) in [6, 6.07) is 9.22. The van der Waals surface area contributed by atoms with E-state index in [1.807, 2.05) is 38.1 Å². The molecular weight excluding hydrogens is 202 g/mol. The van der Waals surface area contributed by atoms with Gasteiger partial charge < -0.3 is 9.73 Å². The first-order chi connectivity index (χ1) is 7.72. The van der Waals surface area contributed by atoms with Gasteiger partial charge in [0.2, 0.25) is 5.78 Å². The Morgan fingerprint density at radius 1 is 1.44 bits per heavy atom. The first kappa shape index (κ1) is 10.9. The van der Waals surface area contributed by atoms with E-state index >= 15 is 0 Å². The standard InChI is InChI=1S/C13H15NO2/c1-3-14-9(2)13(15)12-8-10-6-4-5-7-11(10)16-12/h4-9,14H,3H2,1-2H3/t9-/m0/s1. The fraction of sp³-hybridized carbons (Fsp3) is 0.308. The van der Waals surface area contributed by atoms with Gasteiger partial charge in [0.25, 0.3) is 0 Å². The Morgan fingerprint density at radius 2 is 2.19 bits per heavy atom. The van der Waals surface area contributed by atoms with E-state index in [1.165, 1.54) is 0 Å². The molecule has 0 aliphatic heterocycles. The van der Waals surface area contributed by atoms with Crippen LogP contribution in [0, 0.1) is 0 Å². The molecule has 0 saturated carbocycles. The van der Waals surface area contributed by atoms with Crippen molar-refractivity contribution in [1.82, 2.24) is 5.32 Å². The third-order valence-electron chi connectivity index (χ3n) is 2.57. The van der Waals surface area contributed by atoms with Crippen LogP contribution < -0.4 is 5.32 Å². The molecule has 2 aromatic rings. The average Bonchev–Trinajstić information content (AvgIpc) is 2.71. The van der Waals surface area contributed by atoms with Crippen molar-refractivity contribution in [3.63, 3.8) is 0 Å². The molecule has 1 heterocycles. The number of para-hydroxylation sites is 1. The minimum Gasteiger partial charge on any atom is -0.453 e. The fourth-order valence-corrected chi connectivity index (χ4v) is 1.72. The van der Waals surface area contributed by atoms with Crippen LogP contribution in [0.4, 0.5) is 0 Å². The minimum atomic E-state index is -0.203. The van der Waals surface area contributed by atoms with Crippen LogP contribution in [0.25, 0.3) is 11.0 Å². The number of nitrogens with one attached hydrogen (secondary N) is 1. The fourth-order valence-electron chi connectivity index (χ4n) is 1.72. The highest BCUT2D eigenvalue weighted by Crippen LogP contribution is 2.19. The second-order valence-corrected chi connectivity index (χ2v) is 3.79. The molecule has 3 nitrogen and oxygen atoms in total. The summed E-state index contributed by atoms with van der Waals surface area (Å²) in [4.78, 5) is 11.9. The number of carbonyl (C=O) groups is 1. The molecule has 1 aromatic heterocycles. The van der Waals surface area contributed by atoms with Gasteiger partial charge in [-0.25, -0.2) is 0 Å². The first-order valence-corrected chi connectivity index (χ1v) is 5.48. The van der Waals surface area contributed by atoms with Crippen LogP contribution in [0.3, 0.4) is 0 Å². The van der Waals surface area contributed by atoms with E-state index in [1.54, 1.807) is 6.07 Å². The number of Topliss-reactive ketones (excluding diaryl/α,β-unsaturated/α-hetero) is 1. The van der Waals surface area contributed by atoms with Gasteiger partial charge in [-0.2, -0.15) is 0 Å². The van der Waals surface area contributed by atoms with Crippen LogP contribution in [0.2, 0.25) is 0 Å². The Hall–Kier alpha value is -1.61. The molecule has 0 radical (unpaired) electrons. The van der Waals surface area contributed by atoms with Gasteiger partial charge in [-0.3, -0.25) is 4.79 Å². The normalized spacial score (nSPS) is 12.9. The molecule has 0 saturated heterocycles. The van der Waals surface area contributed by atoms with E-state index in [2.05, 4.69) is 5.32 Å². The lowest BCUT2D eigenvalue weighted by Crippen LogP contribution is -2.33. The van der Waals surface area contributed by atoms with Crippen LogP contribution in [-0.4, -0.2) is 18.4 Å². The van der Waals surface area contributed by atoms with E-state index < -0.39 is 0 Å². The third-order valence-corrected chi connectivity index (χ3v) is 2.57. The number of carbonyl (C=O) groups excluding carboxylic acids is 1. The molecule has 1 atom stereocenters. The maximum absolute atomic E-state index is 11.9. The zero-order chi connectivity index (χ0) is 11.5. The summed E-state index contributed by atoms with van der Waals surface area (Å²) >= 11 is 0. The zero-order valence-corrected chi connectivity index (χ0v) is 9.49. The summed E-state index contributed by atoms with van der Waals surface area (Å²) in [5, 5.41) is 4.05. The van der Waals surface area contributed by atoms with Gasteiger partial charge in [-0.05, 0) is 25.6 Å². The van der Waals surface area contributed by atoms with Gasteiger partial charge in [0.05, 0.1) is 6.04 Å². The van der Waals surface area contributed by atoms with Gasteiger partial charge in [0.1, 0.15) is 5.58 Å². The molecule has 0 bridgehead atoms. The van der Waals surface area contributed by atoms with E-state index in [4.69, 9.17) is 4.42 Å². The van der Waals surface area contributed by atoms with Crippen molar-refractivity contribution in [2.24, 2.45) is 0 Å². The highest BCUT2D eigenvalue weighted by Gasteiger charge is 2.17. The van der Waals surface area contributed by atoms with Crippen molar-refractivity contribution in [2.45, 2.75) is 19.9 Å². The second kappa shape index (κ2) is 4.49. The number of furan rings is 1. The summed E-state index contributed by atoms with van der Waals surface area (Å²) in [6.07, 6.45) is 0. The lowest BCUT2D eigenvalue weighted by atomic mass is 10.1. The topological polar surface area (TPSA) is 42.2 Å². The molecule has 0 unspecified atom stereocenters. The van der Waals surface area contributed by atoms with Gasteiger partial charge in [-0.1, -0.05) is 25.1 Å². The first-order valence-electron chi connectivity index (χ1n) is 5.48. The van der Waals surface area contributed by atoms with Crippen molar-refractivity contribution >= 4 is 16.8 Å². The maximum Gasteiger partial charge on any atom is 0.214 e. The summed E-state index contributed by atoms with van der Waals surface area (Å²) in [5.74, 6) is 0.424. The Labute approximate surface area is 94.4 Å². The highest BCUT2D eigenvalue weighted by molar-refractivity contribution is 6.00. The summed E-state index contributed by atoms with van der Waals surface area (Å²) in [5.41, 5.74) is 0.759. The molecule has 16 heavy (non-hydrogen) atoms. The lowest BCUT2D eigenvalue weighted by molar-refractivity contribution is 0.0926. The lowest BCUT2D eigenvalue weighted by Gasteiger charge is -2.08. The third kappa shape index (κ3) is 1.99. The quantitative estimate of drug-likeness (QED) is 0.800. The monoisotopic (exact) mass is 217 g/mol. The highest BCUT2D eigenvalue weighted by atomic mass is 16.3. The number of hydrogen-bond donors (Lipinski definition) is 1. The second-order valence-electron chi connectivity index (χ2n) is 3.79. The average molecular weight is 217 g/mol. The number of likely N-dealkylation sites (N-methyl/N-ethyl adjacent to an activating group) is 1. The van der Waals surface area contributed by atoms with Crippen molar-refractivity contribution in [3.05, 3.63) is 36.1 Å². The van der Waals surface area contributed by atoms with Crippen molar-refractivity contribution in [2.75, 3.05) is 6.54 Å².